The lowest BCUT2D eigenvalue weighted by Gasteiger charge is -2.16. The summed E-state index contributed by atoms with van der Waals surface area (Å²) in [5.74, 6) is 1.17. The molecular weight excluding hydrogens is 312 g/mol. The first-order chi connectivity index (χ1) is 12.0. The quantitative estimate of drug-likeness (QED) is 0.780. The summed E-state index contributed by atoms with van der Waals surface area (Å²) in [6.07, 6.45) is 2.72. The Morgan fingerprint density at radius 3 is 2.88 bits per heavy atom. The number of carbonyl (C=O) groups is 1. The number of aromatic nitrogens is 3. The first-order valence-electron chi connectivity index (χ1n) is 8.70. The van der Waals surface area contributed by atoms with Crippen LogP contribution in [0.1, 0.15) is 45.5 Å². The standard InChI is InChI=1S/C20H22N4O/c1-12-6-8-21-19(22-12)16-7-9-24(11-16)20(25)15-4-5-18-17(10-15)13(2)14(3)23-18/h4-6,8,10,16,23H,7,9,11H2,1-3H3. The van der Waals surface area contributed by atoms with Crippen LogP contribution in [0.5, 0.6) is 0 Å². The highest BCUT2D eigenvalue weighted by atomic mass is 16.2. The van der Waals surface area contributed by atoms with Gasteiger partial charge in [0, 0.05) is 53.1 Å². The third kappa shape index (κ3) is 2.80. The van der Waals surface area contributed by atoms with E-state index in [0.29, 0.717) is 6.54 Å². The van der Waals surface area contributed by atoms with Crippen molar-refractivity contribution in [2.75, 3.05) is 13.1 Å². The average Bonchev–Trinajstić information content (AvgIpc) is 3.20. The van der Waals surface area contributed by atoms with Gasteiger partial charge in [-0.05, 0) is 57.0 Å². The maximum absolute atomic E-state index is 12.9. The molecule has 0 saturated carbocycles. The molecule has 3 aromatic rings. The summed E-state index contributed by atoms with van der Waals surface area (Å²) < 4.78 is 0. The highest BCUT2D eigenvalue weighted by Gasteiger charge is 2.29. The van der Waals surface area contributed by atoms with Crippen molar-refractivity contribution in [3.8, 4) is 0 Å². The van der Waals surface area contributed by atoms with E-state index < -0.39 is 0 Å². The van der Waals surface area contributed by atoms with Gasteiger partial charge >= 0.3 is 0 Å². The molecule has 1 atom stereocenters. The largest absolute Gasteiger partial charge is 0.358 e. The lowest BCUT2D eigenvalue weighted by Crippen LogP contribution is -2.28. The van der Waals surface area contributed by atoms with Gasteiger partial charge in [0.15, 0.2) is 0 Å². The molecule has 4 rings (SSSR count). The first kappa shape index (κ1) is 15.8. The maximum atomic E-state index is 12.9. The number of aromatic amines is 1. The van der Waals surface area contributed by atoms with Gasteiger partial charge in [0.2, 0.25) is 0 Å². The molecule has 1 saturated heterocycles. The molecule has 1 N–H and O–H groups in total. The SMILES string of the molecule is Cc1ccnc(C2CCN(C(=O)c3ccc4[nH]c(C)c(C)c4c3)C2)n1. The Bertz CT molecular complexity index is 959. The fraction of sp³-hybridized carbons (Fsp3) is 0.350. The second kappa shape index (κ2) is 5.99. The minimum atomic E-state index is 0.0929. The third-order valence-corrected chi connectivity index (χ3v) is 5.21. The van der Waals surface area contributed by atoms with E-state index in [1.54, 1.807) is 6.20 Å². The molecular formula is C20H22N4O. The number of nitrogens with zero attached hydrogens (tertiary/aromatic N) is 3. The molecule has 0 radical (unpaired) electrons. The van der Waals surface area contributed by atoms with Crippen LogP contribution in [-0.4, -0.2) is 38.8 Å². The predicted octanol–water partition coefficient (Wildman–Crippen LogP) is 3.51. The van der Waals surface area contributed by atoms with Gasteiger partial charge in [0.05, 0.1) is 0 Å². The first-order valence-corrected chi connectivity index (χ1v) is 8.70. The number of aryl methyl sites for hydroxylation is 3. The van der Waals surface area contributed by atoms with E-state index in [9.17, 15) is 4.79 Å². The molecule has 3 heterocycles. The van der Waals surface area contributed by atoms with Crippen molar-refractivity contribution in [2.45, 2.75) is 33.1 Å². The van der Waals surface area contributed by atoms with Gasteiger partial charge in [-0.3, -0.25) is 4.79 Å². The maximum Gasteiger partial charge on any atom is 0.253 e. The van der Waals surface area contributed by atoms with Gasteiger partial charge < -0.3 is 9.88 Å². The number of hydrogen-bond acceptors (Lipinski definition) is 3. The van der Waals surface area contributed by atoms with Crippen molar-refractivity contribution in [1.82, 2.24) is 19.9 Å². The van der Waals surface area contributed by atoms with Gasteiger partial charge in [0.25, 0.3) is 5.91 Å². The smallest absolute Gasteiger partial charge is 0.253 e. The summed E-state index contributed by atoms with van der Waals surface area (Å²) in [6.45, 7) is 7.56. The zero-order valence-electron chi connectivity index (χ0n) is 14.8. The molecule has 0 spiro atoms. The van der Waals surface area contributed by atoms with Crippen molar-refractivity contribution < 1.29 is 4.79 Å². The molecule has 25 heavy (non-hydrogen) atoms. The van der Waals surface area contributed by atoms with Crippen LogP contribution in [-0.2, 0) is 0 Å². The van der Waals surface area contributed by atoms with Crippen LogP contribution in [0.15, 0.2) is 30.5 Å². The van der Waals surface area contributed by atoms with Crippen molar-refractivity contribution >= 4 is 16.8 Å². The molecule has 1 fully saturated rings. The minimum absolute atomic E-state index is 0.0929. The molecule has 5 heteroatoms. The van der Waals surface area contributed by atoms with E-state index >= 15 is 0 Å². The summed E-state index contributed by atoms with van der Waals surface area (Å²) in [6, 6.07) is 7.82. The van der Waals surface area contributed by atoms with Crippen LogP contribution in [0.2, 0.25) is 0 Å². The highest BCUT2D eigenvalue weighted by Crippen LogP contribution is 2.27. The number of H-pyrrole nitrogens is 1. The Balaban J connectivity index is 1.56. The number of benzene rings is 1. The summed E-state index contributed by atoms with van der Waals surface area (Å²) >= 11 is 0. The molecule has 1 unspecified atom stereocenters. The van der Waals surface area contributed by atoms with E-state index in [1.165, 1.54) is 5.56 Å². The van der Waals surface area contributed by atoms with Gasteiger partial charge in [-0.2, -0.15) is 0 Å². The van der Waals surface area contributed by atoms with Crippen LogP contribution >= 0.6 is 0 Å². The monoisotopic (exact) mass is 334 g/mol. The van der Waals surface area contributed by atoms with E-state index in [1.807, 2.05) is 36.1 Å². The molecule has 0 aliphatic carbocycles. The lowest BCUT2D eigenvalue weighted by molar-refractivity contribution is 0.0790. The summed E-state index contributed by atoms with van der Waals surface area (Å²) in [7, 11) is 0. The zero-order valence-corrected chi connectivity index (χ0v) is 14.8. The van der Waals surface area contributed by atoms with Crippen LogP contribution in [0.25, 0.3) is 10.9 Å². The lowest BCUT2D eigenvalue weighted by atomic mass is 10.1. The molecule has 0 bridgehead atoms. The number of carbonyl (C=O) groups excluding carboxylic acids is 1. The molecule has 2 aromatic heterocycles. The van der Waals surface area contributed by atoms with Crippen molar-refractivity contribution in [1.29, 1.82) is 0 Å². The van der Waals surface area contributed by atoms with Gasteiger partial charge in [0.1, 0.15) is 5.82 Å². The Hall–Kier alpha value is -2.69. The zero-order chi connectivity index (χ0) is 17.6. The Morgan fingerprint density at radius 2 is 2.08 bits per heavy atom. The third-order valence-electron chi connectivity index (χ3n) is 5.21. The summed E-state index contributed by atoms with van der Waals surface area (Å²) in [5.41, 5.74) is 5.16. The molecule has 5 nitrogen and oxygen atoms in total. The van der Waals surface area contributed by atoms with Crippen LogP contribution in [0.4, 0.5) is 0 Å². The summed E-state index contributed by atoms with van der Waals surface area (Å²) in [4.78, 5) is 27.1. The Labute approximate surface area is 147 Å². The molecule has 1 amide bonds. The predicted molar refractivity (Wildman–Crippen MR) is 97.8 cm³/mol. The Kier molecular flexibility index (Phi) is 3.79. The molecule has 128 valence electrons. The van der Waals surface area contributed by atoms with Crippen LogP contribution in [0, 0.1) is 20.8 Å². The van der Waals surface area contributed by atoms with Crippen molar-refractivity contribution in [2.24, 2.45) is 0 Å². The van der Waals surface area contributed by atoms with E-state index in [4.69, 9.17) is 0 Å². The average molecular weight is 334 g/mol. The number of fused-ring (bicyclic) bond motifs is 1. The van der Waals surface area contributed by atoms with E-state index in [-0.39, 0.29) is 11.8 Å². The van der Waals surface area contributed by atoms with Crippen molar-refractivity contribution in [3.63, 3.8) is 0 Å². The normalized spacial score (nSPS) is 17.4. The molecule has 1 aromatic carbocycles. The van der Waals surface area contributed by atoms with Gasteiger partial charge in [-0.25, -0.2) is 9.97 Å². The van der Waals surface area contributed by atoms with Crippen LogP contribution < -0.4 is 0 Å². The number of amides is 1. The van der Waals surface area contributed by atoms with Gasteiger partial charge in [-0.15, -0.1) is 0 Å². The van der Waals surface area contributed by atoms with Crippen molar-refractivity contribution in [3.05, 3.63) is 58.8 Å². The van der Waals surface area contributed by atoms with E-state index in [2.05, 4.69) is 28.8 Å². The topological polar surface area (TPSA) is 61.9 Å². The number of likely N-dealkylation sites (tertiary alicyclic amines) is 1. The fourth-order valence-electron chi connectivity index (χ4n) is 3.60. The fourth-order valence-corrected chi connectivity index (χ4v) is 3.60. The Morgan fingerprint density at radius 1 is 1.24 bits per heavy atom. The summed E-state index contributed by atoms with van der Waals surface area (Å²) in [5, 5.41) is 1.13. The molecule has 1 aliphatic heterocycles. The van der Waals surface area contributed by atoms with Crippen LogP contribution in [0.3, 0.4) is 0 Å². The number of nitrogens with one attached hydrogen (secondary N) is 1. The minimum Gasteiger partial charge on any atom is -0.358 e. The second-order valence-corrected chi connectivity index (χ2v) is 6.93. The highest BCUT2D eigenvalue weighted by molar-refractivity contribution is 5.99. The van der Waals surface area contributed by atoms with E-state index in [0.717, 1.165) is 46.6 Å². The molecule has 1 aliphatic rings. The second-order valence-electron chi connectivity index (χ2n) is 6.93. The number of hydrogen-bond donors (Lipinski definition) is 1. The number of rotatable bonds is 2. The van der Waals surface area contributed by atoms with Gasteiger partial charge in [-0.1, -0.05) is 0 Å².